The molecule has 0 unspecified atom stereocenters. The Morgan fingerprint density at radius 1 is 1.39 bits per heavy atom. The van der Waals surface area contributed by atoms with Gasteiger partial charge in [0.25, 0.3) is 5.69 Å². The molecule has 0 saturated carbocycles. The predicted molar refractivity (Wildman–Crippen MR) is 71.7 cm³/mol. The van der Waals surface area contributed by atoms with E-state index >= 15 is 0 Å². The first-order valence-corrected chi connectivity index (χ1v) is 5.84. The predicted octanol–water partition coefficient (Wildman–Crippen LogP) is 2.57. The molecule has 0 aliphatic carbocycles. The van der Waals surface area contributed by atoms with Gasteiger partial charge in [0, 0.05) is 25.3 Å². The van der Waals surface area contributed by atoms with E-state index in [1.54, 1.807) is 12.1 Å². The van der Waals surface area contributed by atoms with Crippen molar-refractivity contribution in [3.05, 3.63) is 33.9 Å². The number of benzene rings is 1. The summed E-state index contributed by atoms with van der Waals surface area (Å²) in [6.07, 6.45) is 0. The van der Waals surface area contributed by atoms with Gasteiger partial charge in [0.2, 0.25) is 0 Å². The van der Waals surface area contributed by atoms with Gasteiger partial charge in [0.1, 0.15) is 0 Å². The molecule has 0 bridgehead atoms. The number of nitrogens with zero attached hydrogens (tertiary/aromatic N) is 2. The van der Waals surface area contributed by atoms with Gasteiger partial charge in [-0.1, -0.05) is 20.8 Å². The van der Waals surface area contributed by atoms with Gasteiger partial charge in [0.05, 0.1) is 17.1 Å². The van der Waals surface area contributed by atoms with Crippen molar-refractivity contribution in [1.82, 2.24) is 0 Å². The minimum atomic E-state index is -0.473. The highest BCUT2D eigenvalue weighted by atomic mass is 16.6. The summed E-state index contributed by atoms with van der Waals surface area (Å²) in [7, 11) is 1.94. The molecule has 0 spiro atoms. The van der Waals surface area contributed by atoms with Gasteiger partial charge in [-0.3, -0.25) is 10.1 Å². The van der Waals surface area contributed by atoms with Crippen molar-refractivity contribution in [3.63, 3.8) is 0 Å². The smallest absolute Gasteiger partial charge is 0.275 e. The van der Waals surface area contributed by atoms with Crippen LogP contribution in [0.1, 0.15) is 26.3 Å². The lowest BCUT2D eigenvalue weighted by Crippen LogP contribution is -2.29. The number of anilines is 1. The van der Waals surface area contributed by atoms with Crippen molar-refractivity contribution in [2.45, 2.75) is 27.4 Å². The minimum Gasteiger partial charge on any atom is -0.391 e. The highest BCUT2D eigenvalue weighted by molar-refractivity contribution is 5.55. The van der Waals surface area contributed by atoms with E-state index < -0.39 is 4.92 Å². The second-order valence-corrected chi connectivity index (χ2v) is 5.64. The molecule has 0 fully saturated rings. The fourth-order valence-electron chi connectivity index (χ4n) is 1.92. The number of hydrogen-bond acceptors (Lipinski definition) is 4. The van der Waals surface area contributed by atoms with Gasteiger partial charge >= 0.3 is 0 Å². The van der Waals surface area contributed by atoms with Gasteiger partial charge < -0.3 is 10.0 Å². The zero-order valence-electron chi connectivity index (χ0n) is 11.3. The lowest BCUT2D eigenvalue weighted by Gasteiger charge is -2.28. The number of nitro groups is 1. The number of hydrogen-bond donors (Lipinski definition) is 1. The Balaban J connectivity index is 3.02. The average Bonchev–Trinajstić information content (AvgIpc) is 2.25. The fourth-order valence-corrected chi connectivity index (χ4v) is 1.92. The van der Waals surface area contributed by atoms with Crippen LogP contribution in [0, 0.1) is 15.5 Å². The molecule has 0 saturated heterocycles. The van der Waals surface area contributed by atoms with Gasteiger partial charge in [-0.05, 0) is 17.5 Å². The Labute approximate surface area is 107 Å². The summed E-state index contributed by atoms with van der Waals surface area (Å²) in [6.45, 7) is 6.88. The fraction of sp³-hybridized carbons (Fsp3) is 0.538. The maximum atomic E-state index is 10.8. The summed E-state index contributed by atoms with van der Waals surface area (Å²) in [5, 5.41) is 20.0. The molecule has 0 aliphatic heterocycles. The quantitative estimate of drug-likeness (QED) is 0.660. The van der Waals surface area contributed by atoms with E-state index in [1.807, 2.05) is 11.9 Å². The molecule has 0 atom stereocenters. The van der Waals surface area contributed by atoms with Crippen molar-refractivity contribution < 1.29 is 10.0 Å². The molecule has 5 nitrogen and oxygen atoms in total. The molecule has 0 radical (unpaired) electrons. The highest BCUT2D eigenvalue weighted by Crippen LogP contribution is 2.26. The van der Waals surface area contributed by atoms with E-state index in [1.165, 1.54) is 6.07 Å². The third-order valence-electron chi connectivity index (χ3n) is 2.58. The van der Waals surface area contributed by atoms with Crippen molar-refractivity contribution in [2.24, 2.45) is 5.41 Å². The molecule has 5 heteroatoms. The SMILES string of the molecule is CN(CC(C)(C)C)c1ccc([N+](=O)[O-])c(CO)c1. The molecule has 0 aromatic heterocycles. The van der Waals surface area contributed by atoms with E-state index in [0.29, 0.717) is 5.56 Å². The third-order valence-corrected chi connectivity index (χ3v) is 2.58. The Kier molecular flexibility index (Phi) is 4.29. The van der Waals surface area contributed by atoms with E-state index in [9.17, 15) is 15.2 Å². The molecular formula is C13H20N2O3. The largest absolute Gasteiger partial charge is 0.391 e. The third kappa shape index (κ3) is 3.70. The summed E-state index contributed by atoms with van der Waals surface area (Å²) in [6, 6.07) is 4.83. The van der Waals surface area contributed by atoms with Crippen LogP contribution in [0.15, 0.2) is 18.2 Å². The van der Waals surface area contributed by atoms with Crippen LogP contribution >= 0.6 is 0 Å². The van der Waals surface area contributed by atoms with E-state index in [4.69, 9.17) is 0 Å². The van der Waals surface area contributed by atoms with Gasteiger partial charge in [-0.15, -0.1) is 0 Å². The van der Waals surface area contributed by atoms with Crippen molar-refractivity contribution in [3.8, 4) is 0 Å². The Morgan fingerprint density at radius 2 is 2.00 bits per heavy atom. The first kappa shape index (κ1) is 14.4. The monoisotopic (exact) mass is 252 g/mol. The molecule has 0 heterocycles. The van der Waals surface area contributed by atoms with Gasteiger partial charge in [-0.2, -0.15) is 0 Å². The van der Waals surface area contributed by atoms with Crippen LogP contribution in [0.4, 0.5) is 11.4 Å². The molecule has 100 valence electrons. The van der Waals surface area contributed by atoms with Crippen molar-refractivity contribution in [2.75, 3.05) is 18.5 Å². The number of nitro benzene ring substituents is 1. The molecule has 18 heavy (non-hydrogen) atoms. The molecule has 0 aliphatic rings. The molecule has 1 N–H and O–H groups in total. The highest BCUT2D eigenvalue weighted by Gasteiger charge is 2.17. The number of aliphatic hydroxyl groups is 1. The van der Waals surface area contributed by atoms with E-state index in [2.05, 4.69) is 20.8 Å². The summed E-state index contributed by atoms with van der Waals surface area (Å²) < 4.78 is 0. The second-order valence-electron chi connectivity index (χ2n) is 5.64. The Morgan fingerprint density at radius 3 is 2.44 bits per heavy atom. The zero-order chi connectivity index (χ0) is 13.9. The lowest BCUT2D eigenvalue weighted by molar-refractivity contribution is -0.385. The van der Waals surface area contributed by atoms with E-state index in [0.717, 1.165) is 12.2 Å². The van der Waals surface area contributed by atoms with Crippen molar-refractivity contribution >= 4 is 11.4 Å². The molecule has 0 amide bonds. The molecular weight excluding hydrogens is 232 g/mol. The first-order valence-electron chi connectivity index (χ1n) is 5.84. The van der Waals surface area contributed by atoms with Crippen LogP contribution in [-0.4, -0.2) is 23.6 Å². The number of rotatable bonds is 4. The van der Waals surface area contributed by atoms with E-state index in [-0.39, 0.29) is 17.7 Å². The van der Waals surface area contributed by atoms with Crippen LogP contribution < -0.4 is 4.90 Å². The van der Waals surface area contributed by atoms with Crippen LogP contribution in [0.2, 0.25) is 0 Å². The summed E-state index contributed by atoms with van der Waals surface area (Å²) in [5.41, 5.74) is 1.32. The maximum absolute atomic E-state index is 10.8. The zero-order valence-corrected chi connectivity index (χ0v) is 11.3. The molecule has 1 aromatic carbocycles. The van der Waals surface area contributed by atoms with Crippen molar-refractivity contribution in [1.29, 1.82) is 0 Å². The van der Waals surface area contributed by atoms with Crippen LogP contribution in [0.5, 0.6) is 0 Å². The van der Waals surface area contributed by atoms with Gasteiger partial charge in [0.15, 0.2) is 0 Å². The van der Waals surface area contributed by atoms with Gasteiger partial charge in [-0.25, -0.2) is 0 Å². The minimum absolute atomic E-state index is 0.0367. The topological polar surface area (TPSA) is 66.6 Å². The second kappa shape index (κ2) is 5.35. The normalized spacial score (nSPS) is 11.4. The summed E-state index contributed by atoms with van der Waals surface area (Å²) in [4.78, 5) is 12.3. The lowest BCUT2D eigenvalue weighted by atomic mass is 9.96. The van der Waals surface area contributed by atoms with Crippen LogP contribution in [-0.2, 0) is 6.61 Å². The summed E-state index contributed by atoms with van der Waals surface area (Å²) >= 11 is 0. The maximum Gasteiger partial charge on any atom is 0.275 e. The average molecular weight is 252 g/mol. The standard InChI is InChI=1S/C13H20N2O3/c1-13(2,3)9-14(4)11-5-6-12(15(17)18)10(7-11)8-16/h5-7,16H,8-9H2,1-4H3. The molecule has 1 rings (SSSR count). The Hall–Kier alpha value is -1.62. The first-order chi connectivity index (χ1) is 8.24. The molecule has 1 aromatic rings. The van der Waals surface area contributed by atoms with Crippen LogP contribution in [0.3, 0.4) is 0 Å². The summed E-state index contributed by atoms with van der Waals surface area (Å²) in [5.74, 6) is 0. The Bertz CT molecular complexity index is 438. The number of aliphatic hydroxyl groups excluding tert-OH is 1. The van der Waals surface area contributed by atoms with Crippen LogP contribution in [0.25, 0.3) is 0 Å².